The molecule has 3 amide bonds. The van der Waals surface area contributed by atoms with Crippen molar-refractivity contribution in [3.63, 3.8) is 0 Å². The molecule has 1 fully saturated rings. The van der Waals surface area contributed by atoms with E-state index in [9.17, 15) is 14.4 Å². The summed E-state index contributed by atoms with van der Waals surface area (Å²) in [5.74, 6) is -0.541. The molecule has 0 saturated carbocycles. The number of imide groups is 1. The van der Waals surface area contributed by atoms with E-state index < -0.39 is 17.9 Å². The maximum absolute atomic E-state index is 12.7. The Balaban J connectivity index is 1.28. The molecule has 1 aliphatic heterocycles. The number of nitrogens with zero attached hydrogens (tertiary/aromatic N) is 2. The molecule has 4 heterocycles. The predicted molar refractivity (Wildman–Crippen MR) is 116 cm³/mol. The molecule has 1 saturated heterocycles. The van der Waals surface area contributed by atoms with Gasteiger partial charge < -0.3 is 23.9 Å². The van der Waals surface area contributed by atoms with Gasteiger partial charge in [-0.05, 0) is 48.2 Å². The van der Waals surface area contributed by atoms with Gasteiger partial charge in [-0.15, -0.1) is 0 Å². The summed E-state index contributed by atoms with van der Waals surface area (Å²) in [4.78, 5) is 45.2. The van der Waals surface area contributed by atoms with E-state index in [1.807, 2.05) is 24.3 Å². The van der Waals surface area contributed by atoms with Crippen LogP contribution in [0.5, 0.6) is 0 Å². The number of rotatable bonds is 6. The highest BCUT2D eigenvalue weighted by atomic mass is 32.2. The zero-order valence-electron chi connectivity index (χ0n) is 17.2. The van der Waals surface area contributed by atoms with Crippen molar-refractivity contribution in [2.45, 2.75) is 16.8 Å². The van der Waals surface area contributed by atoms with Crippen molar-refractivity contribution in [3.8, 4) is 0 Å². The number of esters is 1. The van der Waals surface area contributed by atoms with E-state index in [0.29, 0.717) is 16.0 Å². The number of H-pyrrole nitrogens is 1. The van der Waals surface area contributed by atoms with Crippen LogP contribution in [0.2, 0.25) is 0 Å². The minimum Gasteiger partial charge on any atom is -0.463 e. The molecule has 5 rings (SSSR count). The third-order valence-electron chi connectivity index (χ3n) is 4.78. The van der Waals surface area contributed by atoms with Crippen molar-refractivity contribution in [3.05, 3.63) is 71.5 Å². The van der Waals surface area contributed by atoms with Gasteiger partial charge >= 0.3 is 12.0 Å². The Morgan fingerprint density at radius 1 is 1.15 bits per heavy atom. The van der Waals surface area contributed by atoms with E-state index in [2.05, 4.69) is 20.0 Å². The topological polar surface area (TPSA) is 131 Å². The number of hydrogen-bond acceptors (Lipinski definition) is 8. The maximum atomic E-state index is 12.7. The summed E-state index contributed by atoms with van der Waals surface area (Å²) in [7, 11) is 1.23. The zero-order valence-corrected chi connectivity index (χ0v) is 18.0. The molecule has 1 aromatic carbocycles. The van der Waals surface area contributed by atoms with Crippen molar-refractivity contribution in [2.24, 2.45) is 0 Å². The lowest BCUT2D eigenvalue weighted by atomic mass is 10.3. The Morgan fingerprint density at radius 3 is 2.82 bits per heavy atom. The van der Waals surface area contributed by atoms with Gasteiger partial charge in [-0.25, -0.2) is 14.6 Å². The summed E-state index contributed by atoms with van der Waals surface area (Å²) >= 11 is 1.31. The molecule has 0 unspecified atom stereocenters. The van der Waals surface area contributed by atoms with Crippen LogP contribution in [0.4, 0.5) is 4.79 Å². The number of carbonyl (C=O) groups is 3. The van der Waals surface area contributed by atoms with Crippen LogP contribution in [0.25, 0.3) is 17.1 Å². The normalized spacial score (nSPS) is 14.9. The highest BCUT2D eigenvalue weighted by molar-refractivity contribution is 7.99. The van der Waals surface area contributed by atoms with Crippen LogP contribution in [-0.2, 0) is 16.1 Å². The summed E-state index contributed by atoms with van der Waals surface area (Å²) in [6.45, 7) is -0.135. The second-order valence-electron chi connectivity index (χ2n) is 6.95. The van der Waals surface area contributed by atoms with Gasteiger partial charge in [0, 0.05) is 6.08 Å². The number of methoxy groups -OCH3 is 1. The summed E-state index contributed by atoms with van der Waals surface area (Å²) in [5, 5.41) is 3.76. The van der Waals surface area contributed by atoms with Crippen molar-refractivity contribution in [2.75, 3.05) is 7.11 Å². The number of imidazole rings is 1. The molecule has 0 spiro atoms. The first-order valence-corrected chi connectivity index (χ1v) is 10.6. The molecule has 166 valence electrons. The van der Waals surface area contributed by atoms with Crippen LogP contribution in [0.1, 0.15) is 22.1 Å². The molecule has 11 heteroatoms. The van der Waals surface area contributed by atoms with E-state index in [1.165, 1.54) is 37.1 Å². The zero-order chi connectivity index (χ0) is 22.9. The monoisotopic (exact) mass is 464 g/mol. The molecular weight excluding hydrogens is 448 g/mol. The lowest BCUT2D eigenvalue weighted by Crippen LogP contribution is -2.30. The van der Waals surface area contributed by atoms with Crippen molar-refractivity contribution < 1.29 is 28.0 Å². The molecule has 0 bridgehead atoms. The molecule has 2 N–H and O–H groups in total. The van der Waals surface area contributed by atoms with Crippen molar-refractivity contribution >= 4 is 46.8 Å². The van der Waals surface area contributed by atoms with Crippen molar-refractivity contribution in [1.29, 1.82) is 0 Å². The number of urea groups is 1. The number of amides is 3. The van der Waals surface area contributed by atoms with Crippen molar-refractivity contribution in [1.82, 2.24) is 20.2 Å². The molecule has 0 aliphatic carbocycles. The van der Waals surface area contributed by atoms with Gasteiger partial charge in [0.1, 0.15) is 17.2 Å². The summed E-state index contributed by atoms with van der Waals surface area (Å²) < 4.78 is 15.7. The molecule has 4 aromatic rings. The average molecular weight is 464 g/mol. The first kappa shape index (κ1) is 20.6. The van der Waals surface area contributed by atoms with Crippen LogP contribution in [-0.4, -0.2) is 39.9 Å². The molecule has 0 radical (unpaired) electrons. The van der Waals surface area contributed by atoms with Gasteiger partial charge in [-0.2, -0.15) is 0 Å². The number of carbonyl (C=O) groups excluding carboxylic acids is 3. The fourth-order valence-electron chi connectivity index (χ4n) is 3.23. The van der Waals surface area contributed by atoms with Crippen LogP contribution in [0.3, 0.4) is 0 Å². The number of ether oxygens (including phenoxy) is 1. The number of hydrogen-bond donors (Lipinski definition) is 2. The molecule has 3 aromatic heterocycles. The molecule has 10 nitrogen and oxygen atoms in total. The maximum Gasteiger partial charge on any atom is 0.373 e. The second kappa shape index (κ2) is 8.36. The summed E-state index contributed by atoms with van der Waals surface area (Å²) in [5.41, 5.74) is 1.83. The first-order valence-electron chi connectivity index (χ1n) is 9.74. The third-order valence-corrected chi connectivity index (χ3v) is 5.59. The average Bonchev–Trinajstić information content (AvgIpc) is 3.58. The minimum absolute atomic E-state index is 0.0135. The Kier molecular flexibility index (Phi) is 5.23. The third kappa shape index (κ3) is 4.13. The van der Waals surface area contributed by atoms with E-state index in [-0.39, 0.29) is 23.8 Å². The molecule has 1 aliphatic rings. The van der Waals surface area contributed by atoms with Crippen LogP contribution in [0.15, 0.2) is 73.3 Å². The Hall–Kier alpha value is -4.25. The number of aromatic nitrogens is 2. The van der Waals surface area contributed by atoms with Gasteiger partial charge in [0.2, 0.25) is 5.76 Å². The quantitative estimate of drug-likeness (QED) is 0.250. The Labute approximate surface area is 190 Å². The lowest BCUT2D eigenvalue weighted by Gasteiger charge is -2.09. The molecule has 0 atom stereocenters. The van der Waals surface area contributed by atoms with Crippen LogP contribution < -0.4 is 5.32 Å². The number of furan rings is 2. The molecular formula is C22H16N4O6S. The van der Waals surface area contributed by atoms with Gasteiger partial charge in [-0.3, -0.25) is 9.69 Å². The smallest absolute Gasteiger partial charge is 0.373 e. The Bertz CT molecular complexity index is 1380. The summed E-state index contributed by atoms with van der Waals surface area (Å²) in [6.07, 6.45) is 1.45. The lowest BCUT2D eigenvalue weighted by molar-refractivity contribution is -0.123. The summed E-state index contributed by atoms with van der Waals surface area (Å²) in [6, 6.07) is 13.4. The van der Waals surface area contributed by atoms with Gasteiger partial charge in [0.15, 0.2) is 10.2 Å². The SMILES string of the molecule is COC(=O)c1ccc(CN2C(=O)NC(=Cc3ccc(Sc4nc5ccccc5[nH]4)o3)C2=O)o1. The standard InChI is InChI=1S/C22H16N4O6S/c1-30-20(28)17-8-6-13(31-17)11-26-19(27)16(25-22(26)29)10-12-7-9-18(32-12)33-21-23-14-4-2-3-5-15(14)24-21/h2-10H,11H2,1H3,(H,23,24)(H,25,29). The Morgan fingerprint density at radius 2 is 2.00 bits per heavy atom. The predicted octanol–water partition coefficient (Wildman–Crippen LogP) is 3.78. The largest absolute Gasteiger partial charge is 0.463 e. The fourth-order valence-corrected chi connectivity index (χ4v) is 4.00. The highest BCUT2D eigenvalue weighted by Crippen LogP contribution is 2.29. The number of benzene rings is 1. The van der Waals surface area contributed by atoms with Crippen LogP contribution >= 0.6 is 11.8 Å². The number of fused-ring (bicyclic) bond motifs is 1. The van der Waals surface area contributed by atoms with Gasteiger partial charge in [-0.1, -0.05) is 12.1 Å². The number of nitrogens with one attached hydrogen (secondary N) is 2. The fraction of sp³-hybridized carbons (Fsp3) is 0.0909. The number of para-hydroxylation sites is 2. The minimum atomic E-state index is -0.645. The van der Waals surface area contributed by atoms with E-state index in [0.717, 1.165) is 15.9 Å². The highest BCUT2D eigenvalue weighted by Gasteiger charge is 2.34. The first-order chi connectivity index (χ1) is 16.0. The van der Waals surface area contributed by atoms with E-state index >= 15 is 0 Å². The molecule has 33 heavy (non-hydrogen) atoms. The van der Waals surface area contributed by atoms with E-state index in [4.69, 9.17) is 8.83 Å². The number of aromatic amines is 1. The van der Waals surface area contributed by atoms with Gasteiger partial charge in [0.25, 0.3) is 5.91 Å². The van der Waals surface area contributed by atoms with E-state index in [1.54, 1.807) is 12.1 Å². The van der Waals surface area contributed by atoms with Crippen LogP contribution in [0, 0.1) is 0 Å². The van der Waals surface area contributed by atoms with Gasteiger partial charge in [0.05, 0.1) is 24.7 Å². The second-order valence-corrected chi connectivity index (χ2v) is 7.95.